The molecule has 1 nitrogen and oxygen atoms in total. The number of aromatic hydroxyl groups is 1. The van der Waals surface area contributed by atoms with E-state index in [9.17, 15) is 5.11 Å². The number of phenols is 1. The minimum atomic E-state index is 0.235. The molecule has 0 radical (unpaired) electrons. The predicted molar refractivity (Wildman–Crippen MR) is 74.4 cm³/mol. The summed E-state index contributed by atoms with van der Waals surface area (Å²) in [7, 11) is 0.235. The Morgan fingerprint density at radius 1 is 0.941 bits per heavy atom. The summed E-state index contributed by atoms with van der Waals surface area (Å²) in [5.74, 6) is 2.56. The second-order valence-electron chi connectivity index (χ2n) is 3.91. The van der Waals surface area contributed by atoms with Crippen LogP contribution in [0.4, 0.5) is 0 Å². The summed E-state index contributed by atoms with van der Waals surface area (Å²) in [6, 6.07) is 18.2. The van der Waals surface area contributed by atoms with Crippen LogP contribution in [0.1, 0.15) is 12.5 Å². The lowest BCUT2D eigenvalue weighted by molar-refractivity contribution is 0.475. The largest absolute Gasteiger partial charge is 0.508 e. The van der Waals surface area contributed by atoms with Gasteiger partial charge in [0.1, 0.15) is 17.3 Å². The van der Waals surface area contributed by atoms with E-state index in [1.54, 1.807) is 12.1 Å². The number of rotatable bonds is 4. The molecule has 17 heavy (non-hydrogen) atoms. The maximum Gasteiger partial charge on any atom is 0.155 e. The van der Waals surface area contributed by atoms with Crippen molar-refractivity contribution < 1.29 is 5.11 Å². The molecule has 0 spiro atoms. The lowest BCUT2D eigenvalue weighted by atomic mass is 10.2. The monoisotopic (exact) mass is 245 g/mol. The van der Waals surface area contributed by atoms with Crippen molar-refractivity contribution in [2.75, 3.05) is 5.75 Å². The van der Waals surface area contributed by atoms with Crippen molar-refractivity contribution in [1.82, 2.24) is 0 Å². The van der Waals surface area contributed by atoms with Crippen LogP contribution in [0.25, 0.3) is 0 Å². The first kappa shape index (κ1) is 12.1. The van der Waals surface area contributed by atoms with E-state index in [1.165, 1.54) is 10.5 Å². The average molecular weight is 245 g/mol. The molecule has 0 heterocycles. The van der Waals surface area contributed by atoms with Gasteiger partial charge in [0.15, 0.2) is 4.90 Å². The molecule has 0 saturated heterocycles. The van der Waals surface area contributed by atoms with Gasteiger partial charge in [-0.1, -0.05) is 30.3 Å². The molecule has 0 aliphatic heterocycles. The summed E-state index contributed by atoms with van der Waals surface area (Å²) in [6.07, 6.45) is 0. The first-order valence-corrected chi connectivity index (χ1v) is 7.36. The van der Waals surface area contributed by atoms with Gasteiger partial charge in [-0.15, -0.1) is 0 Å². The third-order valence-corrected chi connectivity index (χ3v) is 5.02. The predicted octanol–water partition coefficient (Wildman–Crippen LogP) is 3.59. The standard InChI is InChI=1S/C15H16OS/c1-2-17(12-13-6-4-3-5-7-13)15-10-8-14(16)9-11-15/h3-11H,2,12H2,1H3/p+1. The molecule has 0 aliphatic rings. The highest BCUT2D eigenvalue weighted by Crippen LogP contribution is 2.21. The molecule has 2 heteroatoms. The number of hydrogen-bond acceptors (Lipinski definition) is 1. The Kier molecular flexibility index (Phi) is 4.10. The maximum absolute atomic E-state index is 9.30. The summed E-state index contributed by atoms with van der Waals surface area (Å²) in [5.41, 5.74) is 1.38. The Bertz CT molecular complexity index is 450. The topological polar surface area (TPSA) is 20.2 Å². The van der Waals surface area contributed by atoms with Gasteiger partial charge >= 0.3 is 0 Å². The molecule has 2 rings (SSSR count). The highest BCUT2D eigenvalue weighted by atomic mass is 32.2. The molecule has 0 aromatic heterocycles. The van der Waals surface area contributed by atoms with Gasteiger partial charge in [0.05, 0.1) is 0 Å². The molecule has 0 bridgehead atoms. The fourth-order valence-electron chi connectivity index (χ4n) is 1.77. The van der Waals surface area contributed by atoms with Crippen molar-refractivity contribution in [1.29, 1.82) is 0 Å². The molecule has 0 amide bonds. The summed E-state index contributed by atoms with van der Waals surface area (Å²) < 4.78 is 0. The van der Waals surface area contributed by atoms with E-state index >= 15 is 0 Å². The Morgan fingerprint density at radius 3 is 2.18 bits per heavy atom. The average Bonchev–Trinajstić information content (AvgIpc) is 2.38. The summed E-state index contributed by atoms with van der Waals surface area (Å²) in [6.45, 7) is 2.22. The lowest BCUT2D eigenvalue weighted by Gasteiger charge is -2.06. The van der Waals surface area contributed by atoms with Crippen LogP contribution in [0.2, 0.25) is 0 Å². The van der Waals surface area contributed by atoms with Gasteiger partial charge in [-0.2, -0.15) is 0 Å². The number of benzene rings is 2. The van der Waals surface area contributed by atoms with Crippen LogP contribution < -0.4 is 0 Å². The Balaban J connectivity index is 2.14. The van der Waals surface area contributed by atoms with Gasteiger partial charge in [-0.05, 0) is 31.2 Å². The van der Waals surface area contributed by atoms with Crippen molar-refractivity contribution in [2.24, 2.45) is 0 Å². The zero-order valence-corrected chi connectivity index (χ0v) is 10.8. The van der Waals surface area contributed by atoms with E-state index in [4.69, 9.17) is 0 Å². The van der Waals surface area contributed by atoms with Gasteiger partial charge in [0.2, 0.25) is 0 Å². The minimum absolute atomic E-state index is 0.235. The van der Waals surface area contributed by atoms with Gasteiger partial charge in [-0.3, -0.25) is 0 Å². The van der Waals surface area contributed by atoms with E-state index in [0.717, 1.165) is 11.5 Å². The van der Waals surface area contributed by atoms with Crippen molar-refractivity contribution in [3.05, 3.63) is 60.2 Å². The highest BCUT2D eigenvalue weighted by molar-refractivity contribution is 7.96. The van der Waals surface area contributed by atoms with Crippen LogP contribution in [0, 0.1) is 0 Å². The molecule has 2 aromatic carbocycles. The third kappa shape index (κ3) is 3.27. The fraction of sp³-hybridized carbons (Fsp3) is 0.200. The summed E-state index contributed by atoms with van der Waals surface area (Å²) in [4.78, 5) is 1.33. The zero-order chi connectivity index (χ0) is 12.1. The SMILES string of the molecule is CC[S+](Cc1ccccc1)c1ccc(O)cc1. The number of phenolic OH excluding ortho intramolecular Hbond substituents is 1. The molecule has 1 atom stereocenters. The Hall–Kier alpha value is -1.41. The fourth-order valence-corrected chi connectivity index (χ4v) is 3.59. The number of hydrogen-bond donors (Lipinski definition) is 1. The van der Waals surface area contributed by atoms with Crippen LogP contribution in [-0.2, 0) is 16.6 Å². The van der Waals surface area contributed by atoms with Crippen molar-refractivity contribution in [2.45, 2.75) is 17.6 Å². The first-order valence-electron chi connectivity index (χ1n) is 5.80. The molecule has 1 N–H and O–H groups in total. The van der Waals surface area contributed by atoms with Gasteiger partial charge in [0, 0.05) is 16.5 Å². The van der Waals surface area contributed by atoms with Crippen molar-refractivity contribution in [3.8, 4) is 5.75 Å². The van der Waals surface area contributed by atoms with E-state index < -0.39 is 0 Å². The summed E-state index contributed by atoms with van der Waals surface area (Å²) in [5, 5.41) is 9.30. The van der Waals surface area contributed by atoms with Gasteiger partial charge < -0.3 is 5.11 Å². The van der Waals surface area contributed by atoms with Crippen LogP contribution >= 0.6 is 0 Å². The second-order valence-corrected chi connectivity index (χ2v) is 6.23. The molecular weight excluding hydrogens is 228 g/mol. The van der Waals surface area contributed by atoms with E-state index in [2.05, 4.69) is 31.2 Å². The molecule has 0 fully saturated rings. The smallest absolute Gasteiger partial charge is 0.155 e. The lowest BCUT2D eigenvalue weighted by Crippen LogP contribution is -2.08. The van der Waals surface area contributed by atoms with Crippen LogP contribution in [-0.4, -0.2) is 10.9 Å². The van der Waals surface area contributed by atoms with Crippen LogP contribution in [0.15, 0.2) is 59.5 Å². The Labute approximate surface area is 105 Å². The van der Waals surface area contributed by atoms with Gasteiger partial charge in [0.25, 0.3) is 0 Å². The normalized spacial score (nSPS) is 12.3. The minimum Gasteiger partial charge on any atom is -0.508 e. The first-order chi connectivity index (χ1) is 8.29. The highest BCUT2D eigenvalue weighted by Gasteiger charge is 2.19. The maximum atomic E-state index is 9.30. The van der Waals surface area contributed by atoms with Crippen molar-refractivity contribution in [3.63, 3.8) is 0 Å². The van der Waals surface area contributed by atoms with E-state index in [0.29, 0.717) is 5.75 Å². The van der Waals surface area contributed by atoms with Crippen LogP contribution in [0.3, 0.4) is 0 Å². The van der Waals surface area contributed by atoms with Crippen molar-refractivity contribution >= 4 is 10.9 Å². The van der Waals surface area contributed by atoms with Gasteiger partial charge in [-0.25, -0.2) is 0 Å². The zero-order valence-electron chi connectivity index (χ0n) is 9.97. The molecule has 88 valence electrons. The quantitative estimate of drug-likeness (QED) is 0.816. The van der Waals surface area contributed by atoms with E-state index in [1.807, 2.05) is 18.2 Å². The molecule has 0 saturated carbocycles. The van der Waals surface area contributed by atoms with E-state index in [-0.39, 0.29) is 10.9 Å². The molecule has 1 unspecified atom stereocenters. The molecule has 2 aromatic rings. The molecule has 0 aliphatic carbocycles. The molecular formula is C15H17OS+. The Morgan fingerprint density at radius 2 is 1.59 bits per heavy atom. The van der Waals surface area contributed by atoms with Crippen LogP contribution in [0.5, 0.6) is 5.75 Å². The second kappa shape index (κ2) is 5.78. The third-order valence-electron chi connectivity index (χ3n) is 2.70. The summed E-state index contributed by atoms with van der Waals surface area (Å²) >= 11 is 0.